The van der Waals surface area contributed by atoms with Crippen molar-refractivity contribution in [2.24, 2.45) is 5.92 Å². The van der Waals surface area contributed by atoms with E-state index in [1.165, 1.54) is 15.7 Å². The average molecular weight is 355 g/mol. The summed E-state index contributed by atoms with van der Waals surface area (Å²) >= 11 is 0. The second-order valence-electron chi connectivity index (χ2n) is 7.97. The smallest absolute Gasteiger partial charge is 0.411 e. The highest BCUT2D eigenvalue weighted by molar-refractivity contribution is 5.83. The second-order valence-corrected chi connectivity index (χ2v) is 7.97. The first kappa shape index (κ1) is 18.2. The molecule has 1 heterocycles. The second kappa shape index (κ2) is 6.98. The number of nitrogens with zero attached hydrogens (tertiary/aromatic N) is 1. The third-order valence-corrected chi connectivity index (χ3v) is 4.64. The normalized spacial score (nSPS) is 20.3. The molecule has 0 bridgehead atoms. The first-order valence-corrected chi connectivity index (χ1v) is 8.93. The van der Waals surface area contributed by atoms with Crippen LogP contribution in [0.5, 0.6) is 0 Å². The predicted molar refractivity (Wildman–Crippen MR) is 100 cm³/mol. The van der Waals surface area contributed by atoms with Crippen LogP contribution in [0.25, 0.3) is 10.8 Å². The van der Waals surface area contributed by atoms with Gasteiger partial charge in [-0.05, 0) is 55.9 Å². The number of hydrogen-bond donors (Lipinski definition) is 1. The van der Waals surface area contributed by atoms with E-state index in [1.54, 1.807) is 20.8 Å². The third-order valence-electron chi connectivity index (χ3n) is 4.64. The zero-order valence-electron chi connectivity index (χ0n) is 15.4. The van der Waals surface area contributed by atoms with Crippen molar-refractivity contribution < 1.29 is 19.4 Å². The summed E-state index contributed by atoms with van der Waals surface area (Å²) < 4.78 is 5.38. The Morgan fingerprint density at radius 3 is 2.50 bits per heavy atom. The van der Waals surface area contributed by atoms with Crippen LogP contribution in [0.15, 0.2) is 42.5 Å². The molecule has 1 amide bonds. The molecule has 0 saturated carbocycles. The van der Waals surface area contributed by atoms with Crippen molar-refractivity contribution in [1.82, 2.24) is 4.90 Å². The van der Waals surface area contributed by atoms with E-state index in [4.69, 9.17) is 4.74 Å². The van der Waals surface area contributed by atoms with Crippen molar-refractivity contribution in [2.75, 3.05) is 6.54 Å². The van der Waals surface area contributed by atoms with E-state index in [0.717, 1.165) is 12.0 Å². The Bertz CT molecular complexity index is 824. The van der Waals surface area contributed by atoms with Gasteiger partial charge in [-0.2, -0.15) is 0 Å². The summed E-state index contributed by atoms with van der Waals surface area (Å²) in [4.78, 5) is 25.4. The minimum absolute atomic E-state index is 0.102. The maximum atomic E-state index is 12.4. The molecule has 1 aliphatic heterocycles. The SMILES string of the molecule is CC(C)(C)OC(=O)N1CC(Cc2ccc3ccccc3c2)C[C@H]1C(=O)O. The van der Waals surface area contributed by atoms with Gasteiger partial charge in [-0.1, -0.05) is 42.5 Å². The fraction of sp³-hybridized carbons (Fsp3) is 0.429. The van der Waals surface area contributed by atoms with Crippen LogP contribution < -0.4 is 0 Å². The van der Waals surface area contributed by atoms with E-state index in [2.05, 4.69) is 30.3 Å². The highest BCUT2D eigenvalue weighted by atomic mass is 16.6. The number of rotatable bonds is 3. The monoisotopic (exact) mass is 355 g/mol. The molecule has 3 rings (SSSR count). The van der Waals surface area contributed by atoms with Gasteiger partial charge in [0, 0.05) is 6.54 Å². The molecule has 5 nitrogen and oxygen atoms in total. The van der Waals surface area contributed by atoms with Crippen LogP contribution in [0, 0.1) is 5.92 Å². The number of carboxylic acids is 1. The van der Waals surface area contributed by atoms with Gasteiger partial charge in [0.1, 0.15) is 11.6 Å². The first-order valence-electron chi connectivity index (χ1n) is 8.93. The highest BCUT2D eigenvalue weighted by Crippen LogP contribution is 2.29. The average Bonchev–Trinajstić information content (AvgIpc) is 2.97. The Morgan fingerprint density at radius 1 is 1.15 bits per heavy atom. The maximum absolute atomic E-state index is 12.4. The molecule has 5 heteroatoms. The van der Waals surface area contributed by atoms with Gasteiger partial charge in [-0.25, -0.2) is 9.59 Å². The minimum atomic E-state index is -0.975. The minimum Gasteiger partial charge on any atom is -0.480 e. The number of carbonyl (C=O) groups excluding carboxylic acids is 1. The van der Waals surface area contributed by atoms with Gasteiger partial charge in [0.15, 0.2) is 0 Å². The van der Waals surface area contributed by atoms with Gasteiger partial charge in [-0.3, -0.25) is 4.90 Å². The Labute approximate surface area is 153 Å². The molecule has 0 radical (unpaired) electrons. The molecule has 2 aromatic carbocycles. The summed E-state index contributed by atoms with van der Waals surface area (Å²) in [5.41, 5.74) is 0.514. The van der Waals surface area contributed by atoms with Crippen LogP contribution in [0.3, 0.4) is 0 Å². The van der Waals surface area contributed by atoms with Crippen molar-refractivity contribution in [3.63, 3.8) is 0 Å². The summed E-state index contributed by atoms with van der Waals surface area (Å²) in [5.74, 6) is -0.873. The molecule has 0 aliphatic carbocycles. The quantitative estimate of drug-likeness (QED) is 0.900. The molecule has 138 valence electrons. The molecule has 1 unspecified atom stereocenters. The summed E-state index contributed by atoms with van der Waals surface area (Å²) in [6.07, 6.45) is 0.640. The molecule has 2 atom stereocenters. The number of amides is 1. The number of aliphatic carboxylic acids is 1. The molecule has 1 saturated heterocycles. The Hall–Kier alpha value is -2.56. The molecular weight excluding hydrogens is 330 g/mol. The number of carbonyl (C=O) groups is 2. The van der Waals surface area contributed by atoms with Crippen molar-refractivity contribution in [3.05, 3.63) is 48.0 Å². The zero-order valence-corrected chi connectivity index (χ0v) is 15.4. The number of fused-ring (bicyclic) bond motifs is 1. The van der Waals surface area contributed by atoms with Crippen LogP contribution in [-0.4, -0.2) is 40.3 Å². The standard InChI is InChI=1S/C21H25NO4/c1-21(2,3)26-20(25)22-13-15(12-18(22)19(23)24)10-14-8-9-16-6-4-5-7-17(16)11-14/h4-9,11,15,18H,10,12-13H2,1-3H3,(H,23,24)/t15?,18-/m0/s1. The third kappa shape index (κ3) is 4.15. The van der Waals surface area contributed by atoms with E-state index in [0.29, 0.717) is 13.0 Å². The van der Waals surface area contributed by atoms with Crippen molar-refractivity contribution in [2.45, 2.75) is 45.3 Å². The van der Waals surface area contributed by atoms with E-state index in [-0.39, 0.29) is 5.92 Å². The summed E-state index contributed by atoms with van der Waals surface area (Å²) in [7, 11) is 0. The number of benzene rings is 2. The Morgan fingerprint density at radius 2 is 1.85 bits per heavy atom. The fourth-order valence-electron chi connectivity index (χ4n) is 3.53. The van der Waals surface area contributed by atoms with Crippen molar-refractivity contribution in [3.8, 4) is 0 Å². The Kier molecular flexibility index (Phi) is 4.90. The number of ether oxygens (including phenoxy) is 1. The Balaban J connectivity index is 1.74. The topological polar surface area (TPSA) is 66.8 Å². The van der Waals surface area contributed by atoms with E-state index >= 15 is 0 Å². The fourth-order valence-corrected chi connectivity index (χ4v) is 3.53. The predicted octanol–water partition coefficient (Wildman–Crippen LogP) is 4.09. The molecule has 26 heavy (non-hydrogen) atoms. The maximum Gasteiger partial charge on any atom is 0.411 e. The van der Waals surface area contributed by atoms with Crippen LogP contribution in [0.4, 0.5) is 4.79 Å². The molecular formula is C21H25NO4. The molecule has 1 N–H and O–H groups in total. The largest absolute Gasteiger partial charge is 0.480 e. The van der Waals surface area contributed by atoms with Crippen molar-refractivity contribution >= 4 is 22.8 Å². The highest BCUT2D eigenvalue weighted by Gasteiger charge is 2.41. The molecule has 1 fully saturated rings. The van der Waals surface area contributed by atoms with E-state index < -0.39 is 23.7 Å². The van der Waals surface area contributed by atoms with Gasteiger partial charge in [0.2, 0.25) is 0 Å². The van der Waals surface area contributed by atoms with Gasteiger partial charge < -0.3 is 9.84 Å². The molecule has 0 spiro atoms. The lowest BCUT2D eigenvalue weighted by atomic mass is 9.95. The van der Waals surface area contributed by atoms with Crippen LogP contribution in [-0.2, 0) is 16.0 Å². The summed E-state index contributed by atoms with van der Waals surface area (Å²) in [6.45, 7) is 5.74. The van der Waals surface area contributed by atoms with Crippen LogP contribution in [0.1, 0.15) is 32.8 Å². The van der Waals surface area contributed by atoms with Crippen molar-refractivity contribution in [1.29, 1.82) is 0 Å². The van der Waals surface area contributed by atoms with Gasteiger partial charge in [0.25, 0.3) is 0 Å². The lowest BCUT2D eigenvalue weighted by Crippen LogP contribution is -2.43. The van der Waals surface area contributed by atoms with E-state index in [9.17, 15) is 14.7 Å². The van der Waals surface area contributed by atoms with Crippen LogP contribution >= 0.6 is 0 Å². The van der Waals surface area contributed by atoms with Gasteiger partial charge in [0.05, 0.1) is 0 Å². The first-order chi connectivity index (χ1) is 12.2. The van der Waals surface area contributed by atoms with Crippen LogP contribution in [0.2, 0.25) is 0 Å². The molecule has 1 aliphatic rings. The van der Waals surface area contributed by atoms with Gasteiger partial charge >= 0.3 is 12.1 Å². The summed E-state index contributed by atoms with van der Waals surface area (Å²) in [6, 6.07) is 13.6. The molecule has 0 aromatic heterocycles. The number of hydrogen-bond acceptors (Lipinski definition) is 3. The summed E-state index contributed by atoms with van der Waals surface area (Å²) in [5, 5.41) is 11.9. The molecule has 2 aromatic rings. The zero-order chi connectivity index (χ0) is 18.9. The lowest BCUT2D eigenvalue weighted by molar-refractivity contribution is -0.142. The van der Waals surface area contributed by atoms with E-state index in [1.807, 2.05) is 12.1 Å². The lowest BCUT2D eigenvalue weighted by Gasteiger charge is -2.26. The number of carboxylic acid groups (broad SMARTS) is 1. The number of likely N-dealkylation sites (tertiary alicyclic amines) is 1. The van der Waals surface area contributed by atoms with Gasteiger partial charge in [-0.15, -0.1) is 0 Å².